The van der Waals surface area contributed by atoms with Crippen LogP contribution in [0.2, 0.25) is 0 Å². The van der Waals surface area contributed by atoms with Gasteiger partial charge in [0.1, 0.15) is 0 Å². The number of fused-ring (bicyclic) bond motifs is 2. The van der Waals surface area contributed by atoms with Crippen LogP contribution in [0.15, 0.2) is 9.59 Å². The third-order valence-electron chi connectivity index (χ3n) is 3.61. The molecule has 2 aromatic heterocycles. The summed E-state index contributed by atoms with van der Waals surface area (Å²) in [6.07, 6.45) is 1.05. The molecular formula is C12H16N4O2. The quantitative estimate of drug-likeness (QED) is 0.680. The molecular weight excluding hydrogens is 232 g/mol. The van der Waals surface area contributed by atoms with Gasteiger partial charge in [0, 0.05) is 48.4 Å². The third kappa shape index (κ3) is 1.35. The summed E-state index contributed by atoms with van der Waals surface area (Å²) >= 11 is 0. The van der Waals surface area contributed by atoms with E-state index >= 15 is 0 Å². The lowest BCUT2D eigenvalue weighted by atomic mass is 9.96. The lowest BCUT2D eigenvalue weighted by Crippen LogP contribution is -2.21. The van der Waals surface area contributed by atoms with Gasteiger partial charge in [-0.05, 0) is 13.8 Å². The lowest BCUT2D eigenvalue weighted by Gasteiger charge is -2.08. The van der Waals surface area contributed by atoms with Crippen LogP contribution >= 0.6 is 0 Å². The van der Waals surface area contributed by atoms with Crippen LogP contribution in [0.25, 0.3) is 0 Å². The molecule has 0 saturated carbocycles. The highest BCUT2D eigenvalue weighted by Crippen LogP contribution is 2.20. The Balaban J connectivity index is 2.14. The van der Waals surface area contributed by atoms with Crippen LogP contribution in [-0.4, -0.2) is 19.6 Å². The zero-order chi connectivity index (χ0) is 12.9. The number of nitrogens with one attached hydrogen (secondary N) is 2. The minimum absolute atomic E-state index is 0.0308. The summed E-state index contributed by atoms with van der Waals surface area (Å²) < 4.78 is 3.18. The normalized spacial score (nSPS) is 13.4. The minimum Gasteiger partial charge on any atom is -0.299 e. The zero-order valence-corrected chi connectivity index (χ0v) is 10.5. The summed E-state index contributed by atoms with van der Waals surface area (Å²) in [5, 5.41) is 6.18. The molecule has 0 radical (unpaired) electrons. The number of nitrogens with zero attached hydrogens (tertiary/aromatic N) is 2. The van der Waals surface area contributed by atoms with E-state index in [9.17, 15) is 9.59 Å². The van der Waals surface area contributed by atoms with Crippen molar-refractivity contribution >= 4 is 0 Å². The van der Waals surface area contributed by atoms with Crippen molar-refractivity contribution in [2.24, 2.45) is 0 Å². The number of hydrogen-bond donors (Lipinski definition) is 2. The van der Waals surface area contributed by atoms with Gasteiger partial charge in [-0.15, -0.1) is 0 Å². The van der Waals surface area contributed by atoms with Crippen LogP contribution in [0.3, 0.4) is 0 Å². The van der Waals surface area contributed by atoms with Crippen LogP contribution in [0, 0.1) is 0 Å². The molecule has 2 N–H and O–H groups in total. The molecule has 0 amide bonds. The first kappa shape index (κ1) is 11.1. The van der Waals surface area contributed by atoms with Crippen LogP contribution in [0.5, 0.6) is 0 Å². The van der Waals surface area contributed by atoms with E-state index in [-0.39, 0.29) is 11.1 Å². The molecule has 1 aliphatic rings. The maximum atomic E-state index is 12.0. The SMILES string of the molecule is CCn1[nH]c2c(c1=O)Cc1[nH]n(CC)c(=O)c1C2. The van der Waals surface area contributed by atoms with Gasteiger partial charge in [-0.2, -0.15) is 0 Å². The van der Waals surface area contributed by atoms with Crippen molar-refractivity contribution in [3.05, 3.63) is 43.2 Å². The molecule has 96 valence electrons. The lowest BCUT2D eigenvalue weighted by molar-refractivity contribution is 0.624. The van der Waals surface area contributed by atoms with Crippen molar-refractivity contribution in [2.45, 2.75) is 39.8 Å². The van der Waals surface area contributed by atoms with E-state index in [1.165, 1.54) is 0 Å². The highest BCUT2D eigenvalue weighted by atomic mass is 16.1. The van der Waals surface area contributed by atoms with Crippen molar-refractivity contribution < 1.29 is 0 Å². The zero-order valence-electron chi connectivity index (χ0n) is 10.5. The van der Waals surface area contributed by atoms with Crippen molar-refractivity contribution in [2.75, 3.05) is 0 Å². The van der Waals surface area contributed by atoms with Crippen molar-refractivity contribution in [3.8, 4) is 0 Å². The fraction of sp³-hybridized carbons (Fsp3) is 0.500. The van der Waals surface area contributed by atoms with Crippen LogP contribution < -0.4 is 11.1 Å². The largest absolute Gasteiger partial charge is 0.299 e. The average molecular weight is 248 g/mol. The van der Waals surface area contributed by atoms with Gasteiger partial charge in [0.05, 0.1) is 0 Å². The molecule has 0 aromatic carbocycles. The van der Waals surface area contributed by atoms with E-state index in [4.69, 9.17) is 0 Å². The van der Waals surface area contributed by atoms with Crippen molar-refractivity contribution in [1.29, 1.82) is 0 Å². The third-order valence-corrected chi connectivity index (χ3v) is 3.61. The molecule has 0 saturated heterocycles. The summed E-state index contributed by atoms with van der Waals surface area (Å²) in [6.45, 7) is 5.09. The van der Waals surface area contributed by atoms with E-state index in [1.807, 2.05) is 13.8 Å². The second-order valence-corrected chi connectivity index (χ2v) is 4.59. The van der Waals surface area contributed by atoms with Gasteiger partial charge in [-0.25, -0.2) is 0 Å². The Kier molecular flexibility index (Phi) is 2.33. The van der Waals surface area contributed by atoms with Gasteiger partial charge >= 0.3 is 0 Å². The predicted molar refractivity (Wildman–Crippen MR) is 67.1 cm³/mol. The highest BCUT2D eigenvalue weighted by molar-refractivity contribution is 5.37. The van der Waals surface area contributed by atoms with E-state index in [0.717, 1.165) is 22.5 Å². The average Bonchev–Trinajstić information content (AvgIpc) is 2.86. The van der Waals surface area contributed by atoms with Gasteiger partial charge in [0.15, 0.2) is 0 Å². The Morgan fingerprint density at radius 1 is 0.889 bits per heavy atom. The molecule has 0 spiro atoms. The molecule has 2 heterocycles. The first-order valence-corrected chi connectivity index (χ1v) is 6.26. The number of H-pyrrole nitrogens is 2. The Hall–Kier alpha value is -1.98. The van der Waals surface area contributed by atoms with Gasteiger partial charge in [-0.1, -0.05) is 0 Å². The maximum Gasteiger partial charge on any atom is 0.270 e. The Morgan fingerprint density at radius 3 is 1.61 bits per heavy atom. The van der Waals surface area contributed by atoms with Crippen LogP contribution in [-0.2, 0) is 25.9 Å². The van der Waals surface area contributed by atoms with Gasteiger partial charge in [-0.3, -0.25) is 29.2 Å². The molecule has 3 rings (SSSR count). The number of aryl methyl sites for hydroxylation is 2. The van der Waals surface area contributed by atoms with E-state index in [2.05, 4.69) is 10.2 Å². The standard InChI is InChI=1S/C12H16N4O2/c1-3-15-11(17)7-5-10-8(6-9(7)13-15)12(18)16(4-2)14-10/h13-14H,3-6H2,1-2H3. The summed E-state index contributed by atoms with van der Waals surface area (Å²) in [5.41, 5.74) is 3.40. The molecule has 0 bridgehead atoms. The topological polar surface area (TPSA) is 75.6 Å². The molecule has 18 heavy (non-hydrogen) atoms. The van der Waals surface area contributed by atoms with Gasteiger partial charge in [0.2, 0.25) is 0 Å². The number of aromatic nitrogens is 4. The van der Waals surface area contributed by atoms with Gasteiger partial charge < -0.3 is 0 Å². The first-order chi connectivity index (χ1) is 8.65. The summed E-state index contributed by atoms with van der Waals surface area (Å²) in [6, 6.07) is 0. The summed E-state index contributed by atoms with van der Waals surface area (Å²) in [4.78, 5) is 24.1. The monoisotopic (exact) mass is 248 g/mol. The Labute approximate surface area is 103 Å². The van der Waals surface area contributed by atoms with Crippen molar-refractivity contribution in [3.63, 3.8) is 0 Å². The summed E-state index contributed by atoms with van der Waals surface area (Å²) in [5.74, 6) is 0. The molecule has 6 nitrogen and oxygen atoms in total. The summed E-state index contributed by atoms with van der Waals surface area (Å²) in [7, 11) is 0. The second kappa shape index (κ2) is 3.76. The highest BCUT2D eigenvalue weighted by Gasteiger charge is 2.25. The Bertz CT molecular complexity index is 651. The first-order valence-electron chi connectivity index (χ1n) is 6.26. The predicted octanol–water partition coefficient (Wildman–Crippen LogP) is 0.201. The minimum atomic E-state index is 0.0308. The second-order valence-electron chi connectivity index (χ2n) is 4.59. The molecule has 0 aliphatic heterocycles. The fourth-order valence-electron chi connectivity index (χ4n) is 2.60. The molecule has 6 heteroatoms. The molecule has 0 unspecified atom stereocenters. The van der Waals surface area contributed by atoms with Gasteiger partial charge in [0.25, 0.3) is 11.1 Å². The molecule has 2 aromatic rings. The Morgan fingerprint density at radius 2 is 1.28 bits per heavy atom. The van der Waals surface area contributed by atoms with Crippen LogP contribution in [0.4, 0.5) is 0 Å². The molecule has 0 fully saturated rings. The number of aromatic amines is 2. The number of hydrogen-bond acceptors (Lipinski definition) is 2. The fourth-order valence-corrected chi connectivity index (χ4v) is 2.60. The van der Waals surface area contributed by atoms with E-state index < -0.39 is 0 Å². The smallest absolute Gasteiger partial charge is 0.270 e. The molecule has 1 aliphatic carbocycles. The van der Waals surface area contributed by atoms with E-state index in [1.54, 1.807) is 9.36 Å². The van der Waals surface area contributed by atoms with Crippen molar-refractivity contribution in [1.82, 2.24) is 19.6 Å². The number of rotatable bonds is 2. The van der Waals surface area contributed by atoms with E-state index in [0.29, 0.717) is 25.9 Å². The maximum absolute atomic E-state index is 12.0. The molecule has 0 atom stereocenters. The van der Waals surface area contributed by atoms with Crippen LogP contribution in [0.1, 0.15) is 36.4 Å².